The van der Waals surface area contributed by atoms with Crippen LogP contribution in [0.3, 0.4) is 0 Å². The Bertz CT molecular complexity index is 1540. The summed E-state index contributed by atoms with van der Waals surface area (Å²) in [5.41, 5.74) is 7.61. The molecule has 0 fully saturated rings. The molecule has 0 aliphatic heterocycles. The maximum atomic E-state index is 13.4. The summed E-state index contributed by atoms with van der Waals surface area (Å²) >= 11 is 0. The van der Waals surface area contributed by atoms with Crippen LogP contribution in [-0.2, 0) is 17.9 Å². The monoisotopic (exact) mass is 490 g/mol. The van der Waals surface area contributed by atoms with E-state index in [2.05, 4.69) is 42.4 Å². The summed E-state index contributed by atoms with van der Waals surface area (Å²) in [6.45, 7) is 5.59. The number of rotatable bonds is 8. The molecule has 0 saturated heterocycles. The molecule has 1 amide bonds. The number of hydrogen-bond acceptors (Lipinski definition) is 4. The number of carbonyl (C=O) groups excluding carboxylic acids is 1. The maximum Gasteiger partial charge on any atom is 0.276 e. The molecule has 37 heavy (non-hydrogen) atoms. The van der Waals surface area contributed by atoms with Gasteiger partial charge in [-0.2, -0.15) is 5.10 Å². The van der Waals surface area contributed by atoms with Crippen LogP contribution in [0.25, 0.3) is 22.2 Å². The number of aromatic nitrogens is 3. The molecule has 2 aromatic heterocycles. The van der Waals surface area contributed by atoms with Gasteiger partial charge < -0.3 is 9.64 Å². The Morgan fingerprint density at radius 1 is 0.946 bits per heavy atom. The van der Waals surface area contributed by atoms with Gasteiger partial charge in [-0.15, -0.1) is 0 Å². The second kappa shape index (κ2) is 10.8. The highest BCUT2D eigenvalue weighted by atomic mass is 16.5. The van der Waals surface area contributed by atoms with Gasteiger partial charge >= 0.3 is 0 Å². The molecule has 0 aliphatic carbocycles. The van der Waals surface area contributed by atoms with Gasteiger partial charge in [0.25, 0.3) is 5.91 Å². The lowest BCUT2D eigenvalue weighted by atomic mass is 10.0. The molecule has 186 valence electrons. The molecule has 5 rings (SSSR count). The molecule has 6 nitrogen and oxygen atoms in total. The molecule has 6 heteroatoms. The van der Waals surface area contributed by atoms with E-state index in [1.54, 1.807) is 28.9 Å². The minimum atomic E-state index is -0.115. The number of anilines is 1. The van der Waals surface area contributed by atoms with Crippen molar-refractivity contribution in [3.05, 3.63) is 114 Å². The van der Waals surface area contributed by atoms with Gasteiger partial charge in [0, 0.05) is 29.9 Å². The first-order chi connectivity index (χ1) is 18.0. The van der Waals surface area contributed by atoms with E-state index in [1.807, 2.05) is 55.5 Å². The quantitative estimate of drug-likeness (QED) is 0.243. The highest BCUT2D eigenvalue weighted by Gasteiger charge is 2.19. The van der Waals surface area contributed by atoms with Crippen molar-refractivity contribution in [2.24, 2.45) is 0 Å². The normalized spacial score (nSPS) is 11.1. The molecule has 0 bridgehead atoms. The lowest BCUT2D eigenvalue weighted by Crippen LogP contribution is -2.29. The van der Waals surface area contributed by atoms with Crippen LogP contribution in [-0.4, -0.2) is 34.3 Å². The van der Waals surface area contributed by atoms with Crippen LogP contribution in [0.15, 0.2) is 91.1 Å². The molecular formula is C31H30N4O2. The zero-order valence-corrected chi connectivity index (χ0v) is 21.4. The molecule has 0 spiro atoms. The smallest absolute Gasteiger partial charge is 0.276 e. The van der Waals surface area contributed by atoms with Crippen molar-refractivity contribution in [3.63, 3.8) is 0 Å². The van der Waals surface area contributed by atoms with Crippen molar-refractivity contribution < 1.29 is 9.53 Å². The van der Waals surface area contributed by atoms with Crippen LogP contribution in [0.2, 0.25) is 0 Å². The first-order valence-electron chi connectivity index (χ1n) is 12.4. The van der Waals surface area contributed by atoms with Gasteiger partial charge in [-0.1, -0.05) is 54.1 Å². The lowest BCUT2D eigenvalue weighted by Gasteiger charge is -2.21. The average molecular weight is 491 g/mol. The number of benzene rings is 3. The van der Waals surface area contributed by atoms with Gasteiger partial charge in [0.2, 0.25) is 0 Å². The first-order valence-corrected chi connectivity index (χ1v) is 12.4. The zero-order chi connectivity index (χ0) is 25.8. The van der Waals surface area contributed by atoms with Gasteiger partial charge in [0.15, 0.2) is 0 Å². The number of hydrogen-bond donors (Lipinski definition) is 0. The Labute approximate surface area is 217 Å². The first kappa shape index (κ1) is 24.4. The summed E-state index contributed by atoms with van der Waals surface area (Å²) in [6.07, 6.45) is 1.65. The second-order valence-corrected chi connectivity index (χ2v) is 9.24. The van der Waals surface area contributed by atoms with Crippen molar-refractivity contribution in [3.8, 4) is 11.3 Å². The van der Waals surface area contributed by atoms with Crippen molar-refractivity contribution in [2.45, 2.75) is 27.0 Å². The largest absolute Gasteiger partial charge is 0.375 e. The number of nitrogens with zero attached hydrogens (tertiary/aromatic N) is 4. The van der Waals surface area contributed by atoms with Crippen LogP contribution in [0.5, 0.6) is 0 Å². The Morgan fingerprint density at radius 3 is 2.59 bits per heavy atom. The standard InChI is InChI=1S/C31H30N4O2/c1-22-9-12-27-25(19-22)10-13-28(33-27)26-11-14-29(23(2)20-26)34(3)31(36)30-15-16-32-35(30)17-18-37-21-24-7-5-4-6-8-24/h4-16,19-20H,17-18,21H2,1-3H3. The van der Waals surface area contributed by atoms with Crippen LogP contribution >= 0.6 is 0 Å². The fourth-order valence-corrected chi connectivity index (χ4v) is 4.49. The van der Waals surface area contributed by atoms with Crippen molar-refractivity contribution >= 4 is 22.5 Å². The van der Waals surface area contributed by atoms with Crippen LogP contribution in [0.1, 0.15) is 27.2 Å². The molecular weight excluding hydrogens is 460 g/mol. The lowest BCUT2D eigenvalue weighted by molar-refractivity contribution is 0.0961. The third kappa shape index (κ3) is 5.44. The minimum Gasteiger partial charge on any atom is -0.375 e. The summed E-state index contributed by atoms with van der Waals surface area (Å²) in [7, 11) is 1.80. The number of ether oxygens (including phenoxy) is 1. The van der Waals surface area contributed by atoms with E-state index >= 15 is 0 Å². The predicted molar refractivity (Wildman–Crippen MR) is 148 cm³/mol. The Kier molecular flexibility index (Phi) is 7.10. The SMILES string of the molecule is Cc1ccc2nc(-c3ccc(N(C)C(=O)c4ccnn4CCOCc4ccccc4)c(C)c3)ccc2c1. The van der Waals surface area contributed by atoms with Crippen molar-refractivity contribution in [1.29, 1.82) is 0 Å². The van der Waals surface area contributed by atoms with E-state index < -0.39 is 0 Å². The van der Waals surface area contributed by atoms with E-state index in [9.17, 15) is 4.79 Å². The second-order valence-electron chi connectivity index (χ2n) is 9.24. The molecule has 0 unspecified atom stereocenters. The van der Waals surface area contributed by atoms with Gasteiger partial charge in [-0.3, -0.25) is 9.48 Å². The van der Waals surface area contributed by atoms with Crippen LogP contribution in [0.4, 0.5) is 5.69 Å². The number of amides is 1. The van der Waals surface area contributed by atoms with Crippen molar-refractivity contribution in [2.75, 3.05) is 18.6 Å². The van der Waals surface area contributed by atoms with Crippen molar-refractivity contribution in [1.82, 2.24) is 14.8 Å². The number of pyridine rings is 1. The fraction of sp³-hybridized carbons (Fsp3) is 0.194. The molecule has 5 aromatic rings. The zero-order valence-electron chi connectivity index (χ0n) is 21.4. The Hall–Kier alpha value is -4.29. The summed E-state index contributed by atoms with van der Waals surface area (Å²) < 4.78 is 7.49. The fourth-order valence-electron chi connectivity index (χ4n) is 4.49. The highest BCUT2D eigenvalue weighted by Crippen LogP contribution is 2.28. The summed E-state index contributed by atoms with van der Waals surface area (Å²) in [6, 6.07) is 28.3. The van der Waals surface area contributed by atoms with E-state index in [4.69, 9.17) is 9.72 Å². The maximum absolute atomic E-state index is 13.4. The Morgan fingerprint density at radius 2 is 1.78 bits per heavy atom. The molecule has 2 heterocycles. The molecule has 0 N–H and O–H groups in total. The highest BCUT2D eigenvalue weighted by molar-refractivity contribution is 6.05. The summed E-state index contributed by atoms with van der Waals surface area (Å²) in [5, 5.41) is 5.47. The third-order valence-corrected chi connectivity index (χ3v) is 6.50. The van der Waals surface area contributed by atoms with E-state index in [0.29, 0.717) is 25.5 Å². The molecule has 0 aliphatic rings. The summed E-state index contributed by atoms with van der Waals surface area (Å²) in [5.74, 6) is -0.115. The predicted octanol–water partition coefficient (Wildman–Crippen LogP) is 6.21. The summed E-state index contributed by atoms with van der Waals surface area (Å²) in [4.78, 5) is 19.9. The van der Waals surface area contributed by atoms with Crippen LogP contribution < -0.4 is 4.90 Å². The van der Waals surface area contributed by atoms with E-state index in [1.165, 1.54) is 5.56 Å². The number of carbonyl (C=O) groups is 1. The van der Waals surface area contributed by atoms with E-state index in [0.717, 1.165) is 39.0 Å². The molecule has 0 radical (unpaired) electrons. The van der Waals surface area contributed by atoms with Gasteiger partial charge in [-0.05, 0) is 61.4 Å². The molecule has 0 saturated carbocycles. The van der Waals surface area contributed by atoms with E-state index in [-0.39, 0.29) is 5.91 Å². The molecule has 0 atom stereocenters. The molecule has 3 aromatic carbocycles. The minimum absolute atomic E-state index is 0.115. The topological polar surface area (TPSA) is 60.2 Å². The average Bonchev–Trinajstić information content (AvgIpc) is 3.39. The van der Waals surface area contributed by atoms with Gasteiger partial charge in [0.05, 0.1) is 31.0 Å². The number of aryl methyl sites for hydroxylation is 2. The Balaban J connectivity index is 1.28. The van der Waals surface area contributed by atoms with Gasteiger partial charge in [-0.25, -0.2) is 4.98 Å². The third-order valence-electron chi connectivity index (χ3n) is 6.50. The number of fused-ring (bicyclic) bond motifs is 1. The van der Waals surface area contributed by atoms with Crippen LogP contribution in [0, 0.1) is 13.8 Å². The van der Waals surface area contributed by atoms with Gasteiger partial charge in [0.1, 0.15) is 5.69 Å².